The van der Waals surface area contributed by atoms with Crippen LogP contribution in [0.1, 0.15) is 45.0 Å². The van der Waals surface area contributed by atoms with E-state index in [1.807, 2.05) is 11.0 Å². The molecule has 0 saturated heterocycles. The number of hydrogen-bond donors (Lipinski definition) is 2. The number of nitrogens with one attached hydrogen (secondary N) is 1. The molecule has 1 aromatic carbocycles. The van der Waals surface area contributed by atoms with Gasteiger partial charge in [-0.15, -0.1) is 11.3 Å². The van der Waals surface area contributed by atoms with Crippen LogP contribution in [-0.4, -0.2) is 12.5 Å². The molecule has 0 radical (unpaired) electrons. The number of halogens is 3. The zero-order valence-corrected chi connectivity index (χ0v) is 13.2. The first-order valence-electron chi connectivity index (χ1n) is 7.48. The van der Waals surface area contributed by atoms with Gasteiger partial charge in [-0.25, -0.2) is 0 Å². The minimum absolute atomic E-state index is 0.170. The zero-order valence-electron chi connectivity index (χ0n) is 12.4. The van der Waals surface area contributed by atoms with Gasteiger partial charge in [-0.1, -0.05) is 12.1 Å². The number of para-hydroxylation sites is 1. The van der Waals surface area contributed by atoms with Crippen molar-refractivity contribution in [1.82, 2.24) is 5.32 Å². The van der Waals surface area contributed by atoms with Crippen LogP contribution in [-0.2, 0) is 6.18 Å². The molecular weight excluding hydrogens is 339 g/mol. The zero-order chi connectivity index (χ0) is 17.1. The normalized spacial score (nSPS) is 23.0. The van der Waals surface area contributed by atoms with Crippen LogP contribution < -0.4 is 16.0 Å². The standard InChI is InChI=1S/C16H14F3N3OS/c17-16(18,19)8-6-12(24-7-8)14-21-15(23)10-3-1-2-9-11(20)4-5-22(14)13(9)10/h1-3,6-7,11,14H,4-5,20H2,(H,21,23)/t11-,14+/m1/s1. The van der Waals surface area contributed by atoms with E-state index in [2.05, 4.69) is 5.32 Å². The Balaban J connectivity index is 1.80. The molecule has 0 unspecified atom stereocenters. The maximum atomic E-state index is 12.9. The third kappa shape index (κ3) is 2.29. The average Bonchev–Trinajstić information content (AvgIpc) is 3.03. The Hall–Kier alpha value is -2.06. The average molecular weight is 353 g/mol. The molecule has 1 aromatic heterocycles. The summed E-state index contributed by atoms with van der Waals surface area (Å²) in [6.45, 7) is 0.579. The Morgan fingerprint density at radius 2 is 2.12 bits per heavy atom. The summed E-state index contributed by atoms with van der Waals surface area (Å²) < 4.78 is 38.6. The Morgan fingerprint density at radius 3 is 2.83 bits per heavy atom. The lowest BCUT2D eigenvalue weighted by Gasteiger charge is -2.43. The number of anilines is 1. The molecule has 0 saturated carbocycles. The van der Waals surface area contributed by atoms with E-state index in [0.29, 0.717) is 23.4 Å². The number of hydrogen-bond acceptors (Lipinski definition) is 4. The number of rotatable bonds is 1. The van der Waals surface area contributed by atoms with Crippen molar-refractivity contribution in [2.75, 3.05) is 11.4 Å². The summed E-state index contributed by atoms with van der Waals surface area (Å²) in [6, 6.07) is 6.31. The molecule has 24 heavy (non-hydrogen) atoms. The molecule has 4 nitrogen and oxygen atoms in total. The lowest BCUT2D eigenvalue weighted by atomic mass is 9.91. The van der Waals surface area contributed by atoms with Crippen molar-refractivity contribution in [1.29, 1.82) is 0 Å². The highest BCUT2D eigenvalue weighted by molar-refractivity contribution is 7.10. The van der Waals surface area contributed by atoms with Crippen molar-refractivity contribution in [3.05, 3.63) is 51.2 Å². The molecule has 2 aromatic rings. The van der Waals surface area contributed by atoms with E-state index >= 15 is 0 Å². The highest BCUT2D eigenvalue weighted by atomic mass is 32.1. The molecule has 0 bridgehead atoms. The predicted octanol–water partition coefficient (Wildman–Crippen LogP) is 3.42. The minimum Gasteiger partial charge on any atom is -0.346 e. The summed E-state index contributed by atoms with van der Waals surface area (Å²) >= 11 is 1.00. The second-order valence-corrected chi connectivity index (χ2v) is 6.89. The van der Waals surface area contributed by atoms with E-state index in [1.54, 1.807) is 12.1 Å². The number of carbonyl (C=O) groups is 1. The van der Waals surface area contributed by atoms with Gasteiger partial charge in [0.1, 0.15) is 6.17 Å². The van der Waals surface area contributed by atoms with Crippen LogP contribution in [0.15, 0.2) is 29.6 Å². The van der Waals surface area contributed by atoms with Gasteiger partial charge in [0, 0.05) is 22.8 Å². The molecule has 8 heteroatoms. The fourth-order valence-electron chi connectivity index (χ4n) is 3.32. The largest absolute Gasteiger partial charge is 0.417 e. The fourth-order valence-corrected chi connectivity index (χ4v) is 4.29. The molecule has 2 aliphatic heterocycles. The predicted molar refractivity (Wildman–Crippen MR) is 84.9 cm³/mol. The van der Waals surface area contributed by atoms with Crippen LogP contribution in [0, 0.1) is 0 Å². The van der Waals surface area contributed by atoms with Gasteiger partial charge in [-0.2, -0.15) is 13.2 Å². The number of amides is 1. The quantitative estimate of drug-likeness (QED) is 0.826. The van der Waals surface area contributed by atoms with Gasteiger partial charge < -0.3 is 16.0 Å². The van der Waals surface area contributed by atoms with Gasteiger partial charge in [0.15, 0.2) is 0 Å². The Labute approximate surface area is 140 Å². The van der Waals surface area contributed by atoms with E-state index < -0.39 is 17.9 Å². The van der Waals surface area contributed by atoms with Crippen LogP contribution in [0.4, 0.5) is 18.9 Å². The van der Waals surface area contributed by atoms with Crippen LogP contribution in [0.5, 0.6) is 0 Å². The molecule has 3 heterocycles. The van der Waals surface area contributed by atoms with Crippen molar-refractivity contribution in [3.8, 4) is 0 Å². The smallest absolute Gasteiger partial charge is 0.346 e. The monoisotopic (exact) mass is 353 g/mol. The topological polar surface area (TPSA) is 58.4 Å². The SMILES string of the molecule is N[C@@H]1CCN2c3c(cccc31)C(=O)N[C@@H]2c1cc(C(F)(F)F)cs1. The van der Waals surface area contributed by atoms with Crippen LogP contribution in [0.2, 0.25) is 0 Å². The molecule has 2 atom stereocenters. The molecule has 4 rings (SSSR count). The van der Waals surface area contributed by atoms with Crippen molar-refractivity contribution in [2.24, 2.45) is 5.73 Å². The third-order valence-electron chi connectivity index (χ3n) is 4.48. The van der Waals surface area contributed by atoms with Crippen LogP contribution in [0.3, 0.4) is 0 Å². The van der Waals surface area contributed by atoms with Gasteiger partial charge in [-0.3, -0.25) is 4.79 Å². The summed E-state index contributed by atoms with van der Waals surface area (Å²) in [5.41, 5.74) is 7.58. The van der Waals surface area contributed by atoms with Gasteiger partial charge in [0.25, 0.3) is 5.91 Å². The number of alkyl halides is 3. The summed E-state index contributed by atoms with van der Waals surface area (Å²) in [5, 5.41) is 3.90. The lowest BCUT2D eigenvalue weighted by molar-refractivity contribution is -0.137. The van der Waals surface area contributed by atoms with E-state index in [0.717, 1.165) is 34.0 Å². The Bertz CT molecular complexity index is 817. The number of thiophene rings is 1. The number of nitrogens with two attached hydrogens (primary N) is 1. The van der Waals surface area contributed by atoms with E-state index in [4.69, 9.17) is 5.73 Å². The number of nitrogens with zero attached hydrogens (tertiary/aromatic N) is 1. The maximum absolute atomic E-state index is 12.9. The summed E-state index contributed by atoms with van der Waals surface area (Å²) in [7, 11) is 0. The van der Waals surface area contributed by atoms with E-state index in [-0.39, 0.29) is 11.9 Å². The molecule has 0 spiro atoms. The summed E-state index contributed by atoms with van der Waals surface area (Å²) in [6.07, 6.45) is -4.30. The minimum atomic E-state index is -4.39. The molecule has 0 fully saturated rings. The Morgan fingerprint density at radius 1 is 1.33 bits per heavy atom. The molecule has 0 aliphatic carbocycles. The first-order valence-corrected chi connectivity index (χ1v) is 8.36. The highest BCUT2D eigenvalue weighted by Crippen LogP contribution is 2.44. The fraction of sp³-hybridized carbons (Fsp3) is 0.312. The summed E-state index contributed by atoms with van der Waals surface area (Å²) in [4.78, 5) is 14.8. The van der Waals surface area contributed by atoms with Crippen molar-refractivity contribution in [2.45, 2.75) is 24.8 Å². The second kappa shape index (κ2) is 5.22. The lowest BCUT2D eigenvalue weighted by Crippen LogP contribution is -2.49. The number of benzene rings is 1. The molecule has 126 valence electrons. The van der Waals surface area contributed by atoms with Crippen molar-refractivity contribution < 1.29 is 18.0 Å². The van der Waals surface area contributed by atoms with Crippen molar-refractivity contribution in [3.63, 3.8) is 0 Å². The van der Waals surface area contributed by atoms with Gasteiger partial charge >= 0.3 is 6.18 Å². The molecule has 3 N–H and O–H groups in total. The highest BCUT2D eigenvalue weighted by Gasteiger charge is 2.39. The van der Waals surface area contributed by atoms with E-state index in [1.165, 1.54) is 0 Å². The van der Waals surface area contributed by atoms with Crippen LogP contribution in [0.25, 0.3) is 0 Å². The first-order chi connectivity index (χ1) is 11.4. The maximum Gasteiger partial charge on any atom is 0.417 e. The van der Waals surface area contributed by atoms with Crippen molar-refractivity contribution >= 4 is 22.9 Å². The van der Waals surface area contributed by atoms with Crippen LogP contribution >= 0.6 is 11.3 Å². The number of carbonyl (C=O) groups excluding carboxylic acids is 1. The third-order valence-corrected chi connectivity index (χ3v) is 5.46. The Kier molecular flexibility index (Phi) is 3.36. The van der Waals surface area contributed by atoms with Gasteiger partial charge in [0.05, 0.1) is 16.8 Å². The molecular formula is C16H14F3N3OS. The summed E-state index contributed by atoms with van der Waals surface area (Å²) in [5.74, 6) is -0.288. The van der Waals surface area contributed by atoms with Gasteiger partial charge in [0.2, 0.25) is 0 Å². The second-order valence-electron chi connectivity index (χ2n) is 5.94. The first kappa shape index (κ1) is 15.5. The van der Waals surface area contributed by atoms with Gasteiger partial charge in [-0.05, 0) is 24.1 Å². The molecule has 2 aliphatic rings. The van der Waals surface area contributed by atoms with E-state index in [9.17, 15) is 18.0 Å². The molecule has 1 amide bonds.